The fourth-order valence-electron chi connectivity index (χ4n) is 2.92. The summed E-state index contributed by atoms with van der Waals surface area (Å²) in [5.74, 6) is 0.861. The first-order chi connectivity index (χ1) is 10.6. The fraction of sp³-hybridized carbons (Fsp3) is 0.588. The van der Waals surface area contributed by atoms with Gasteiger partial charge in [0.15, 0.2) is 0 Å². The third-order valence-electron chi connectivity index (χ3n) is 4.01. The summed E-state index contributed by atoms with van der Waals surface area (Å²) in [5, 5.41) is 5.85. The molecule has 0 spiro atoms. The molecule has 5 heteroatoms. The van der Waals surface area contributed by atoms with Gasteiger partial charge >= 0.3 is 6.03 Å². The van der Waals surface area contributed by atoms with Gasteiger partial charge in [0.05, 0.1) is 12.7 Å². The van der Waals surface area contributed by atoms with Crippen LogP contribution in [0.4, 0.5) is 10.5 Å². The van der Waals surface area contributed by atoms with Gasteiger partial charge in [0.2, 0.25) is 0 Å². The molecule has 0 aliphatic carbocycles. The minimum atomic E-state index is -0.182. The van der Waals surface area contributed by atoms with Crippen LogP contribution in [0.25, 0.3) is 0 Å². The van der Waals surface area contributed by atoms with Crippen LogP contribution in [0, 0.1) is 11.8 Å². The molecule has 1 aliphatic heterocycles. The first-order valence-electron chi connectivity index (χ1n) is 7.85. The highest BCUT2D eigenvalue weighted by Gasteiger charge is 2.30. The van der Waals surface area contributed by atoms with Crippen LogP contribution in [-0.4, -0.2) is 32.4 Å². The highest BCUT2D eigenvalue weighted by atomic mass is 16.5. The number of nitrogens with one attached hydrogen (secondary N) is 2. The molecule has 2 rings (SSSR count). The molecule has 0 radical (unpaired) electrons. The number of urea groups is 1. The number of hydrogen-bond acceptors (Lipinski definition) is 3. The van der Waals surface area contributed by atoms with Gasteiger partial charge in [0.25, 0.3) is 0 Å². The van der Waals surface area contributed by atoms with Gasteiger partial charge in [-0.05, 0) is 18.4 Å². The molecule has 0 saturated carbocycles. The standard InChI is InChI=1S/C17H26N2O3/c1-12(2)16-13(8-9-22-16)10-18-17(20)19-15-7-5-4-6-14(15)11-21-3/h4-7,12-13,16H,8-11H2,1-3H3,(H2,18,19,20)/t13-,16+/m0/s1. The molecule has 2 amide bonds. The molecule has 0 unspecified atom stereocenters. The predicted molar refractivity (Wildman–Crippen MR) is 86.9 cm³/mol. The lowest BCUT2D eigenvalue weighted by Gasteiger charge is -2.22. The van der Waals surface area contributed by atoms with Crippen LogP contribution in [0.5, 0.6) is 0 Å². The first-order valence-corrected chi connectivity index (χ1v) is 7.85. The molecule has 2 atom stereocenters. The second-order valence-electron chi connectivity index (χ2n) is 6.05. The van der Waals surface area contributed by atoms with Gasteiger partial charge in [-0.1, -0.05) is 32.0 Å². The maximum atomic E-state index is 12.1. The molecular formula is C17H26N2O3. The van der Waals surface area contributed by atoms with Crippen molar-refractivity contribution in [1.82, 2.24) is 5.32 Å². The van der Waals surface area contributed by atoms with Crippen molar-refractivity contribution in [2.75, 3.05) is 25.6 Å². The number of methoxy groups -OCH3 is 1. The highest BCUT2D eigenvalue weighted by Crippen LogP contribution is 2.26. The van der Waals surface area contributed by atoms with E-state index >= 15 is 0 Å². The number of benzene rings is 1. The van der Waals surface area contributed by atoms with Crippen molar-refractivity contribution in [3.63, 3.8) is 0 Å². The molecule has 0 aromatic heterocycles. The Morgan fingerprint density at radius 1 is 1.41 bits per heavy atom. The van der Waals surface area contributed by atoms with Crippen LogP contribution in [0.3, 0.4) is 0 Å². The molecule has 1 aromatic rings. The van der Waals surface area contributed by atoms with E-state index < -0.39 is 0 Å². The number of carbonyl (C=O) groups excluding carboxylic acids is 1. The van der Waals surface area contributed by atoms with Crippen molar-refractivity contribution in [2.24, 2.45) is 11.8 Å². The monoisotopic (exact) mass is 306 g/mol. The van der Waals surface area contributed by atoms with Crippen LogP contribution >= 0.6 is 0 Å². The maximum absolute atomic E-state index is 12.1. The topological polar surface area (TPSA) is 59.6 Å². The summed E-state index contributed by atoms with van der Waals surface area (Å²) in [7, 11) is 1.64. The van der Waals surface area contributed by atoms with Crippen molar-refractivity contribution >= 4 is 11.7 Å². The van der Waals surface area contributed by atoms with E-state index in [1.807, 2.05) is 24.3 Å². The lowest BCUT2D eigenvalue weighted by molar-refractivity contribution is 0.0546. The van der Waals surface area contributed by atoms with E-state index in [-0.39, 0.29) is 12.1 Å². The zero-order chi connectivity index (χ0) is 15.9. The number of para-hydroxylation sites is 1. The Morgan fingerprint density at radius 2 is 2.18 bits per heavy atom. The average Bonchev–Trinajstić information content (AvgIpc) is 2.96. The third kappa shape index (κ3) is 4.45. The number of amides is 2. The molecule has 1 aromatic carbocycles. The summed E-state index contributed by atoms with van der Waals surface area (Å²) in [4.78, 5) is 12.1. The highest BCUT2D eigenvalue weighted by molar-refractivity contribution is 5.90. The molecule has 5 nitrogen and oxygen atoms in total. The van der Waals surface area contributed by atoms with Gasteiger partial charge in [-0.15, -0.1) is 0 Å². The molecular weight excluding hydrogens is 280 g/mol. The zero-order valence-electron chi connectivity index (χ0n) is 13.6. The van der Waals surface area contributed by atoms with E-state index in [9.17, 15) is 4.79 Å². The molecule has 22 heavy (non-hydrogen) atoms. The van der Waals surface area contributed by atoms with Crippen LogP contribution in [0.15, 0.2) is 24.3 Å². The number of anilines is 1. The molecule has 2 N–H and O–H groups in total. The Labute approximate surface area is 132 Å². The zero-order valence-corrected chi connectivity index (χ0v) is 13.6. The number of ether oxygens (including phenoxy) is 2. The maximum Gasteiger partial charge on any atom is 0.319 e. The van der Waals surface area contributed by atoms with Crippen LogP contribution < -0.4 is 10.6 Å². The summed E-state index contributed by atoms with van der Waals surface area (Å²) in [5.41, 5.74) is 1.74. The van der Waals surface area contributed by atoms with E-state index in [1.165, 1.54) is 0 Å². The average molecular weight is 306 g/mol. The van der Waals surface area contributed by atoms with E-state index in [0.29, 0.717) is 25.0 Å². The minimum Gasteiger partial charge on any atom is -0.380 e. The van der Waals surface area contributed by atoms with Gasteiger partial charge in [-0.3, -0.25) is 0 Å². The Kier molecular flexibility index (Phi) is 6.21. The minimum absolute atomic E-state index is 0.182. The first kappa shape index (κ1) is 16.8. The van der Waals surface area contributed by atoms with Gasteiger partial charge in [0.1, 0.15) is 0 Å². The summed E-state index contributed by atoms with van der Waals surface area (Å²) < 4.78 is 10.9. The van der Waals surface area contributed by atoms with E-state index in [0.717, 1.165) is 24.3 Å². The Bertz CT molecular complexity index is 491. The summed E-state index contributed by atoms with van der Waals surface area (Å²) in [6.45, 7) is 6.21. The van der Waals surface area contributed by atoms with E-state index in [2.05, 4.69) is 24.5 Å². The van der Waals surface area contributed by atoms with Gasteiger partial charge in [0, 0.05) is 37.4 Å². The van der Waals surface area contributed by atoms with Crippen molar-refractivity contribution in [3.8, 4) is 0 Å². The second-order valence-corrected chi connectivity index (χ2v) is 6.05. The van der Waals surface area contributed by atoms with Crippen molar-refractivity contribution in [3.05, 3.63) is 29.8 Å². The summed E-state index contributed by atoms with van der Waals surface area (Å²) >= 11 is 0. The van der Waals surface area contributed by atoms with E-state index in [1.54, 1.807) is 7.11 Å². The number of carbonyl (C=O) groups is 1. The normalized spacial score (nSPS) is 21.1. The second kappa shape index (κ2) is 8.15. The fourth-order valence-corrected chi connectivity index (χ4v) is 2.92. The van der Waals surface area contributed by atoms with Crippen molar-refractivity contribution in [2.45, 2.75) is 33.0 Å². The molecule has 0 bridgehead atoms. The molecule has 1 heterocycles. The van der Waals surface area contributed by atoms with Crippen LogP contribution in [-0.2, 0) is 16.1 Å². The smallest absolute Gasteiger partial charge is 0.319 e. The van der Waals surface area contributed by atoms with Crippen LogP contribution in [0.1, 0.15) is 25.8 Å². The van der Waals surface area contributed by atoms with Crippen LogP contribution in [0.2, 0.25) is 0 Å². The molecule has 1 saturated heterocycles. The predicted octanol–water partition coefficient (Wildman–Crippen LogP) is 3.02. The number of hydrogen-bond donors (Lipinski definition) is 2. The van der Waals surface area contributed by atoms with Crippen molar-refractivity contribution in [1.29, 1.82) is 0 Å². The number of rotatable bonds is 6. The van der Waals surface area contributed by atoms with Gasteiger partial charge in [-0.25, -0.2) is 4.79 Å². The van der Waals surface area contributed by atoms with Gasteiger partial charge < -0.3 is 20.1 Å². The lowest BCUT2D eigenvalue weighted by Crippen LogP contribution is -2.37. The van der Waals surface area contributed by atoms with E-state index in [4.69, 9.17) is 9.47 Å². The molecule has 1 fully saturated rings. The quantitative estimate of drug-likeness (QED) is 0.849. The Hall–Kier alpha value is -1.59. The third-order valence-corrected chi connectivity index (χ3v) is 4.01. The van der Waals surface area contributed by atoms with Crippen molar-refractivity contribution < 1.29 is 14.3 Å². The SMILES string of the molecule is COCc1ccccc1NC(=O)NC[C@@H]1CCO[C@@H]1C(C)C. The Morgan fingerprint density at radius 3 is 2.91 bits per heavy atom. The van der Waals surface area contributed by atoms with Gasteiger partial charge in [-0.2, -0.15) is 0 Å². The summed E-state index contributed by atoms with van der Waals surface area (Å²) in [6, 6.07) is 7.47. The molecule has 1 aliphatic rings. The summed E-state index contributed by atoms with van der Waals surface area (Å²) in [6.07, 6.45) is 1.24. The lowest BCUT2D eigenvalue weighted by atomic mass is 9.93. The molecule has 122 valence electrons. The largest absolute Gasteiger partial charge is 0.380 e. The Balaban J connectivity index is 1.86.